The number of amides is 1. The molecule has 1 aromatic carbocycles. The van der Waals surface area contributed by atoms with Crippen molar-refractivity contribution >= 4 is 11.6 Å². The van der Waals surface area contributed by atoms with E-state index in [1.807, 2.05) is 42.2 Å². The molecule has 1 amide bonds. The Labute approximate surface area is 140 Å². The van der Waals surface area contributed by atoms with Crippen LogP contribution in [0.25, 0.3) is 16.8 Å². The van der Waals surface area contributed by atoms with Crippen LogP contribution in [-0.4, -0.2) is 43.7 Å². The fourth-order valence-corrected chi connectivity index (χ4v) is 3.26. The van der Waals surface area contributed by atoms with E-state index in [4.69, 9.17) is 0 Å². The summed E-state index contributed by atoms with van der Waals surface area (Å²) >= 11 is 0. The minimum Gasteiger partial charge on any atom is -0.339 e. The van der Waals surface area contributed by atoms with Crippen molar-refractivity contribution in [2.45, 2.75) is 26.2 Å². The summed E-state index contributed by atoms with van der Waals surface area (Å²) in [5.74, 6) is 0.111. The van der Waals surface area contributed by atoms with Crippen molar-refractivity contribution in [2.24, 2.45) is 0 Å². The monoisotopic (exact) mass is 321 g/mol. The second-order valence-electron chi connectivity index (χ2n) is 6.23. The van der Waals surface area contributed by atoms with Gasteiger partial charge >= 0.3 is 0 Å². The molecule has 1 fully saturated rings. The van der Waals surface area contributed by atoms with Crippen molar-refractivity contribution < 1.29 is 4.79 Å². The first kappa shape index (κ1) is 14.8. The van der Waals surface area contributed by atoms with E-state index in [0.717, 1.165) is 48.3 Å². The normalized spacial score (nSPS) is 15.0. The molecule has 0 spiro atoms. The lowest BCUT2D eigenvalue weighted by atomic mass is 10.0. The summed E-state index contributed by atoms with van der Waals surface area (Å²) in [5.41, 5.74) is 4.20. The minimum absolute atomic E-state index is 0.111. The van der Waals surface area contributed by atoms with Crippen molar-refractivity contribution in [1.82, 2.24) is 24.7 Å². The number of nitrogens with zero attached hydrogens (tertiary/aromatic N) is 5. The molecule has 0 aliphatic carbocycles. The lowest BCUT2D eigenvalue weighted by Crippen LogP contribution is -2.35. The Hall–Kier alpha value is -2.76. The van der Waals surface area contributed by atoms with Gasteiger partial charge in [0.25, 0.3) is 5.91 Å². The van der Waals surface area contributed by atoms with E-state index in [1.54, 1.807) is 10.8 Å². The molecule has 4 rings (SSSR count). The number of hydrogen-bond donors (Lipinski definition) is 0. The number of likely N-dealkylation sites (tertiary alicyclic amines) is 1. The molecule has 24 heavy (non-hydrogen) atoms. The van der Waals surface area contributed by atoms with Gasteiger partial charge in [0, 0.05) is 24.2 Å². The van der Waals surface area contributed by atoms with Crippen LogP contribution in [0.3, 0.4) is 0 Å². The average molecular weight is 321 g/mol. The summed E-state index contributed by atoms with van der Waals surface area (Å²) in [6.07, 6.45) is 4.99. The molecule has 0 bridgehead atoms. The fourth-order valence-electron chi connectivity index (χ4n) is 3.26. The third-order valence-corrected chi connectivity index (χ3v) is 4.45. The number of piperidine rings is 1. The van der Waals surface area contributed by atoms with Crippen molar-refractivity contribution in [3.63, 3.8) is 0 Å². The zero-order valence-electron chi connectivity index (χ0n) is 13.6. The first-order chi connectivity index (χ1) is 11.7. The van der Waals surface area contributed by atoms with Crippen LogP contribution in [0, 0.1) is 6.92 Å². The van der Waals surface area contributed by atoms with Gasteiger partial charge in [-0.05, 0) is 49.9 Å². The number of hydrogen-bond acceptors (Lipinski definition) is 4. The summed E-state index contributed by atoms with van der Waals surface area (Å²) in [5, 5.41) is 12.5. The van der Waals surface area contributed by atoms with Gasteiger partial charge < -0.3 is 4.90 Å². The quantitative estimate of drug-likeness (QED) is 0.728. The van der Waals surface area contributed by atoms with Crippen LogP contribution in [0.1, 0.15) is 35.3 Å². The summed E-state index contributed by atoms with van der Waals surface area (Å²) in [6.45, 7) is 3.64. The van der Waals surface area contributed by atoms with Gasteiger partial charge in [0.2, 0.25) is 0 Å². The summed E-state index contributed by atoms with van der Waals surface area (Å²) in [4.78, 5) is 14.7. The van der Waals surface area contributed by atoms with E-state index in [1.165, 1.54) is 6.42 Å². The Kier molecular flexibility index (Phi) is 3.72. The molecule has 3 heterocycles. The maximum atomic E-state index is 12.7. The van der Waals surface area contributed by atoms with E-state index in [0.29, 0.717) is 5.65 Å². The molecule has 0 saturated carbocycles. The van der Waals surface area contributed by atoms with Crippen molar-refractivity contribution in [3.05, 3.63) is 47.9 Å². The van der Waals surface area contributed by atoms with Crippen LogP contribution in [-0.2, 0) is 0 Å². The number of benzene rings is 1. The third-order valence-electron chi connectivity index (χ3n) is 4.45. The van der Waals surface area contributed by atoms with E-state index in [9.17, 15) is 4.79 Å². The highest BCUT2D eigenvalue weighted by Gasteiger charge is 2.19. The topological polar surface area (TPSA) is 63.4 Å². The first-order valence-electron chi connectivity index (χ1n) is 8.30. The number of carbonyl (C=O) groups excluding carboxylic acids is 1. The van der Waals surface area contributed by atoms with Gasteiger partial charge in [-0.15, -0.1) is 10.2 Å². The Morgan fingerprint density at radius 2 is 1.96 bits per heavy atom. The standard InChI is InChI=1S/C18H19N5O/c1-13-10-16(17-20-19-12-23(17)21-13)14-6-5-7-15(11-14)18(24)22-8-3-2-4-9-22/h5-7,10-12H,2-4,8-9H2,1H3. The minimum atomic E-state index is 0.111. The van der Waals surface area contributed by atoms with Crippen molar-refractivity contribution in [3.8, 4) is 11.1 Å². The number of aromatic nitrogens is 4. The van der Waals surface area contributed by atoms with Crippen LogP contribution >= 0.6 is 0 Å². The van der Waals surface area contributed by atoms with Gasteiger partial charge in [0.1, 0.15) is 6.33 Å². The molecule has 2 aromatic heterocycles. The lowest BCUT2D eigenvalue weighted by Gasteiger charge is -2.26. The first-order valence-corrected chi connectivity index (χ1v) is 8.30. The molecule has 6 heteroatoms. The highest BCUT2D eigenvalue weighted by molar-refractivity contribution is 5.96. The van der Waals surface area contributed by atoms with Gasteiger partial charge in [-0.3, -0.25) is 4.79 Å². The molecular weight excluding hydrogens is 302 g/mol. The summed E-state index contributed by atoms with van der Waals surface area (Å²) < 4.78 is 1.67. The van der Waals surface area contributed by atoms with Gasteiger partial charge in [-0.2, -0.15) is 9.61 Å². The Balaban J connectivity index is 1.74. The number of carbonyl (C=O) groups is 1. The highest BCUT2D eigenvalue weighted by atomic mass is 16.2. The van der Waals surface area contributed by atoms with Crippen LogP contribution in [0.4, 0.5) is 0 Å². The Morgan fingerprint density at radius 3 is 2.79 bits per heavy atom. The number of aryl methyl sites for hydroxylation is 1. The maximum absolute atomic E-state index is 12.7. The van der Waals surface area contributed by atoms with Crippen LogP contribution in [0.2, 0.25) is 0 Å². The molecule has 0 N–H and O–H groups in total. The van der Waals surface area contributed by atoms with Gasteiger partial charge in [0.05, 0.1) is 5.69 Å². The lowest BCUT2D eigenvalue weighted by molar-refractivity contribution is 0.0724. The third kappa shape index (κ3) is 2.64. The molecular formula is C18H19N5O. The van der Waals surface area contributed by atoms with Crippen LogP contribution in [0.15, 0.2) is 36.7 Å². The number of rotatable bonds is 2. The predicted molar refractivity (Wildman–Crippen MR) is 90.7 cm³/mol. The molecule has 0 unspecified atom stereocenters. The molecule has 6 nitrogen and oxygen atoms in total. The largest absolute Gasteiger partial charge is 0.339 e. The molecule has 1 saturated heterocycles. The molecule has 1 aliphatic heterocycles. The second-order valence-corrected chi connectivity index (χ2v) is 6.23. The summed E-state index contributed by atoms with van der Waals surface area (Å²) in [6, 6.07) is 9.73. The SMILES string of the molecule is Cc1cc(-c2cccc(C(=O)N3CCCCC3)c2)c2nncn2n1. The molecule has 3 aromatic rings. The van der Waals surface area contributed by atoms with E-state index in [-0.39, 0.29) is 5.91 Å². The predicted octanol–water partition coefficient (Wildman–Crippen LogP) is 2.73. The van der Waals surface area contributed by atoms with Gasteiger partial charge in [-0.1, -0.05) is 12.1 Å². The van der Waals surface area contributed by atoms with Crippen LogP contribution in [0.5, 0.6) is 0 Å². The second kappa shape index (κ2) is 6.03. The highest BCUT2D eigenvalue weighted by Crippen LogP contribution is 2.25. The van der Waals surface area contributed by atoms with Gasteiger partial charge in [0.15, 0.2) is 5.65 Å². The zero-order chi connectivity index (χ0) is 16.5. The summed E-state index contributed by atoms with van der Waals surface area (Å²) in [7, 11) is 0. The Bertz CT molecular complexity index is 895. The van der Waals surface area contributed by atoms with E-state index < -0.39 is 0 Å². The van der Waals surface area contributed by atoms with E-state index >= 15 is 0 Å². The molecule has 0 atom stereocenters. The van der Waals surface area contributed by atoms with Crippen LogP contribution < -0.4 is 0 Å². The molecule has 0 radical (unpaired) electrons. The molecule has 122 valence electrons. The Morgan fingerprint density at radius 1 is 1.12 bits per heavy atom. The zero-order valence-corrected chi connectivity index (χ0v) is 13.6. The van der Waals surface area contributed by atoms with Crippen molar-refractivity contribution in [1.29, 1.82) is 0 Å². The number of fused-ring (bicyclic) bond motifs is 1. The average Bonchev–Trinajstić information content (AvgIpc) is 3.09. The fraction of sp³-hybridized carbons (Fsp3) is 0.333. The maximum Gasteiger partial charge on any atom is 0.253 e. The smallest absolute Gasteiger partial charge is 0.253 e. The molecule has 1 aliphatic rings. The van der Waals surface area contributed by atoms with E-state index in [2.05, 4.69) is 15.3 Å². The van der Waals surface area contributed by atoms with Crippen molar-refractivity contribution in [2.75, 3.05) is 13.1 Å². The van der Waals surface area contributed by atoms with Gasteiger partial charge in [-0.25, -0.2) is 0 Å².